The van der Waals surface area contributed by atoms with Gasteiger partial charge in [-0.2, -0.15) is 0 Å². The largest absolute Gasteiger partial charge is 0.478 e. The number of aromatic carboxylic acids is 1. The lowest BCUT2D eigenvalue weighted by molar-refractivity contribution is -0.143. The number of amides is 3. The SMILES string of the molecule is Nc1c(I)c(C(=O)O)c(I)c(C(=O)NCCOC(=O)CN2C(=O)c3ccccc3C2=O)c1I. The number of nitrogens with two attached hydrogens (primary N) is 1. The van der Waals surface area contributed by atoms with E-state index in [0.717, 1.165) is 4.90 Å². The lowest BCUT2D eigenvalue weighted by Gasteiger charge is -2.15. The first-order valence-electron chi connectivity index (χ1n) is 9.14. The molecule has 3 amide bonds. The van der Waals surface area contributed by atoms with Crippen LogP contribution < -0.4 is 11.1 Å². The monoisotopic (exact) mass is 789 g/mol. The van der Waals surface area contributed by atoms with Gasteiger partial charge in [0, 0.05) is 3.57 Å². The summed E-state index contributed by atoms with van der Waals surface area (Å²) in [5.41, 5.74) is 6.65. The van der Waals surface area contributed by atoms with E-state index in [1.54, 1.807) is 34.7 Å². The number of nitrogens with zero attached hydrogens (tertiary/aromatic N) is 1. The van der Waals surface area contributed by atoms with Crippen LogP contribution in [0.3, 0.4) is 0 Å². The lowest BCUT2D eigenvalue weighted by Crippen LogP contribution is -2.37. The Bertz CT molecular complexity index is 1180. The van der Waals surface area contributed by atoms with E-state index in [0.29, 0.717) is 7.14 Å². The number of nitrogen functional groups attached to an aromatic ring is 1. The molecule has 2 aromatic rings. The molecule has 10 nitrogen and oxygen atoms in total. The normalized spacial score (nSPS) is 12.5. The van der Waals surface area contributed by atoms with E-state index in [4.69, 9.17) is 10.5 Å². The Labute approximate surface area is 228 Å². The van der Waals surface area contributed by atoms with Crippen molar-refractivity contribution < 1.29 is 33.8 Å². The highest BCUT2D eigenvalue weighted by atomic mass is 127. The van der Waals surface area contributed by atoms with Crippen molar-refractivity contribution in [2.75, 3.05) is 25.4 Å². The molecule has 0 saturated heterocycles. The number of halogens is 3. The topological polar surface area (TPSA) is 156 Å². The summed E-state index contributed by atoms with van der Waals surface area (Å²) in [7, 11) is 0. The molecule has 4 N–H and O–H groups in total. The summed E-state index contributed by atoms with van der Waals surface area (Å²) < 4.78 is 6.02. The highest BCUT2D eigenvalue weighted by molar-refractivity contribution is 14.1. The van der Waals surface area contributed by atoms with Crippen LogP contribution in [0.5, 0.6) is 0 Å². The Hall–Kier alpha value is -2.02. The van der Waals surface area contributed by atoms with Crippen molar-refractivity contribution >= 4 is 103 Å². The van der Waals surface area contributed by atoms with E-state index in [1.807, 2.05) is 45.2 Å². The van der Waals surface area contributed by atoms with Gasteiger partial charge in [0.25, 0.3) is 17.7 Å². The molecule has 1 aliphatic heterocycles. The highest BCUT2D eigenvalue weighted by Crippen LogP contribution is 2.33. The van der Waals surface area contributed by atoms with Crippen LogP contribution >= 0.6 is 67.8 Å². The van der Waals surface area contributed by atoms with Crippen LogP contribution in [0.4, 0.5) is 5.69 Å². The Kier molecular flexibility index (Phi) is 8.14. The molecule has 0 radical (unpaired) electrons. The van der Waals surface area contributed by atoms with Crippen LogP contribution in [0.2, 0.25) is 0 Å². The maximum Gasteiger partial charge on any atom is 0.337 e. The number of hydrogen-bond donors (Lipinski definition) is 3. The number of carboxylic acids is 1. The fraction of sp³-hybridized carbons (Fsp3) is 0.150. The number of imide groups is 1. The second-order valence-corrected chi connectivity index (χ2v) is 9.87. The van der Waals surface area contributed by atoms with Gasteiger partial charge in [-0.1, -0.05) is 12.1 Å². The van der Waals surface area contributed by atoms with E-state index in [9.17, 15) is 29.1 Å². The van der Waals surface area contributed by atoms with Crippen molar-refractivity contribution in [3.05, 3.63) is 57.2 Å². The van der Waals surface area contributed by atoms with E-state index in [-0.39, 0.29) is 44.7 Å². The van der Waals surface area contributed by atoms with Gasteiger partial charge in [0.15, 0.2) is 0 Å². The van der Waals surface area contributed by atoms with E-state index in [1.165, 1.54) is 12.1 Å². The molecule has 0 saturated carbocycles. The molecule has 0 aliphatic carbocycles. The lowest BCUT2D eigenvalue weighted by atomic mass is 10.1. The molecule has 1 heterocycles. The van der Waals surface area contributed by atoms with Gasteiger partial charge in [0.05, 0.1) is 41.6 Å². The van der Waals surface area contributed by atoms with Crippen LogP contribution in [0.15, 0.2) is 24.3 Å². The van der Waals surface area contributed by atoms with E-state index < -0.39 is 36.2 Å². The van der Waals surface area contributed by atoms with Gasteiger partial charge in [0.1, 0.15) is 13.2 Å². The summed E-state index contributed by atoms with van der Waals surface area (Å²) in [5.74, 6) is -3.74. The van der Waals surface area contributed by atoms with Crippen LogP contribution in [-0.2, 0) is 9.53 Å². The molecule has 0 atom stereocenters. The van der Waals surface area contributed by atoms with Crippen molar-refractivity contribution in [1.29, 1.82) is 0 Å². The molecule has 13 heteroatoms. The number of esters is 1. The molecule has 3 rings (SSSR count). The second-order valence-electron chi connectivity index (χ2n) is 6.63. The number of fused-ring (bicyclic) bond motifs is 1. The Morgan fingerprint density at radius 1 is 0.970 bits per heavy atom. The average Bonchev–Trinajstić information content (AvgIpc) is 3.00. The first-order valence-corrected chi connectivity index (χ1v) is 12.4. The van der Waals surface area contributed by atoms with Gasteiger partial charge in [0.2, 0.25) is 0 Å². The van der Waals surface area contributed by atoms with Crippen LogP contribution in [0.25, 0.3) is 0 Å². The molecule has 2 aromatic carbocycles. The Morgan fingerprint density at radius 2 is 1.52 bits per heavy atom. The van der Waals surface area contributed by atoms with Crippen molar-refractivity contribution in [3.63, 3.8) is 0 Å². The van der Waals surface area contributed by atoms with Crippen molar-refractivity contribution in [2.24, 2.45) is 0 Å². The van der Waals surface area contributed by atoms with Gasteiger partial charge >= 0.3 is 11.9 Å². The minimum atomic E-state index is -1.21. The average molecular weight is 789 g/mol. The summed E-state index contributed by atoms with van der Waals surface area (Å²) in [6.07, 6.45) is 0. The first-order chi connectivity index (χ1) is 15.6. The molecule has 0 spiro atoms. The smallest absolute Gasteiger partial charge is 0.337 e. The maximum atomic E-state index is 12.7. The molecule has 0 bridgehead atoms. The van der Waals surface area contributed by atoms with Gasteiger partial charge in [-0.05, 0) is 79.9 Å². The van der Waals surface area contributed by atoms with Gasteiger partial charge in [-0.3, -0.25) is 24.1 Å². The molecular weight excluding hydrogens is 775 g/mol. The third kappa shape index (κ3) is 5.08. The third-order valence-electron chi connectivity index (χ3n) is 4.61. The van der Waals surface area contributed by atoms with Crippen molar-refractivity contribution in [2.45, 2.75) is 0 Å². The fourth-order valence-electron chi connectivity index (χ4n) is 3.05. The quantitative estimate of drug-likeness (QED) is 0.127. The summed E-state index contributed by atoms with van der Waals surface area (Å²) >= 11 is 5.47. The molecule has 1 aliphatic rings. The van der Waals surface area contributed by atoms with Gasteiger partial charge < -0.3 is 20.9 Å². The minimum Gasteiger partial charge on any atom is -0.478 e. The zero-order valence-electron chi connectivity index (χ0n) is 16.5. The van der Waals surface area contributed by atoms with Crippen molar-refractivity contribution in [1.82, 2.24) is 10.2 Å². The molecule has 0 unspecified atom stereocenters. The number of hydrogen-bond acceptors (Lipinski definition) is 7. The second kappa shape index (κ2) is 10.5. The number of rotatable bonds is 7. The zero-order valence-corrected chi connectivity index (χ0v) is 23.0. The molecule has 0 aromatic heterocycles. The summed E-state index contributed by atoms with van der Waals surface area (Å²) in [5, 5.41) is 12.0. The number of carboxylic acid groups (broad SMARTS) is 1. The zero-order chi connectivity index (χ0) is 24.4. The summed E-state index contributed by atoms with van der Waals surface area (Å²) in [6, 6.07) is 6.26. The predicted octanol–water partition coefficient (Wildman–Crippen LogP) is 2.35. The standard InChI is InChI=1S/C20H14I3N3O7/c21-13-11(14(22)16(24)15(23)12(13)20(31)32)17(28)25-5-6-33-10(27)7-26-18(29)8-3-1-2-4-9(8)19(26)30/h1-4H,5-7,24H2,(H,25,28)(H,31,32). The number of anilines is 1. The van der Waals surface area contributed by atoms with Crippen LogP contribution in [-0.4, -0.2) is 59.4 Å². The number of carbonyl (C=O) groups excluding carboxylic acids is 4. The summed E-state index contributed by atoms with van der Waals surface area (Å²) in [4.78, 5) is 61.7. The number of carbonyl (C=O) groups is 5. The number of nitrogens with one attached hydrogen (secondary N) is 1. The molecular formula is C20H14I3N3O7. The van der Waals surface area contributed by atoms with E-state index >= 15 is 0 Å². The highest BCUT2D eigenvalue weighted by Gasteiger charge is 2.36. The number of ether oxygens (including phenoxy) is 1. The minimum absolute atomic E-state index is 0.0633. The summed E-state index contributed by atoms with van der Waals surface area (Å²) in [6.45, 7) is -0.842. The maximum absolute atomic E-state index is 12.7. The Morgan fingerprint density at radius 3 is 2.06 bits per heavy atom. The Balaban J connectivity index is 1.57. The third-order valence-corrected chi connectivity index (χ3v) is 7.93. The van der Waals surface area contributed by atoms with E-state index in [2.05, 4.69) is 5.32 Å². The molecule has 172 valence electrons. The van der Waals surface area contributed by atoms with Gasteiger partial charge in [-0.15, -0.1) is 0 Å². The number of benzene rings is 2. The molecule has 33 heavy (non-hydrogen) atoms. The predicted molar refractivity (Wildman–Crippen MR) is 141 cm³/mol. The van der Waals surface area contributed by atoms with Crippen LogP contribution in [0.1, 0.15) is 41.4 Å². The fourth-order valence-corrected chi connectivity index (χ4v) is 7.16. The first kappa shape index (κ1) is 25.6. The van der Waals surface area contributed by atoms with Crippen LogP contribution in [0, 0.1) is 10.7 Å². The van der Waals surface area contributed by atoms with Crippen molar-refractivity contribution in [3.8, 4) is 0 Å². The molecule has 0 fully saturated rings. The van der Waals surface area contributed by atoms with Gasteiger partial charge in [-0.25, -0.2) is 4.79 Å².